The first-order valence-corrected chi connectivity index (χ1v) is 13.0. The van der Waals surface area contributed by atoms with Gasteiger partial charge in [-0.2, -0.15) is 5.10 Å². The van der Waals surface area contributed by atoms with Crippen LogP contribution in [0, 0.1) is 11.7 Å². The van der Waals surface area contributed by atoms with Gasteiger partial charge in [-0.3, -0.25) is 9.59 Å². The lowest BCUT2D eigenvalue weighted by molar-refractivity contribution is -0.138. The Labute approximate surface area is 209 Å². The maximum atomic E-state index is 15.6. The quantitative estimate of drug-likeness (QED) is 0.533. The summed E-state index contributed by atoms with van der Waals surface area (Å²) in [5.74, 6) is -2.21. The van der Waals surface area contributed by atoms with E-state index in [2.05, 4.69) is 13.8 Å². The largest absolute Gasteiger partial charge is 0.481 e. The van der Waals surface area contributed by atoms with E-state index in [4.69, 9.17) is 10.1 Å². The van der Waals surface area contributed by atoms with Crippen LogP contribution in [-0.4, -0.2) is 49.1 Å². The van der Waals surface area contributed by atoms with Crippen molar-refractivity contribution in [1.29, 1.82) is 0 Å². The maximum absolute atomic E-state index is 15.6. The molecule has 0 radical (unpaired) electrons. The number of carboxylic acids is 1. The monoisotopic (exact) mass is 490 g/mol. The van der Waals surface area contributed by atoms with Crippen LogP contribution in [0.5, 0.6) is 0 Å². The van der Waals surface area contributed by atoms with E-state index < -0.39 is 17.7 Å². The molecule has 3 aromatic rings. The van der Waals surface area contributed by atoms with Gasteiger partial charge in [0.1, 0.15) is 11.5 Å². The summed E-state index contributed by atoms with van der Waals surface area (Å²) in [5.41, 5.74) is 2.97. The van der Waals surface area contributed by atoms with E-state index >= 15 is 4.39 Å². The summed E-state index contributed by atoms with van der Waals surface area (Å²) in [7, 11) is 0. The molecule has 8 heteroatoms. The summed E-state index contributed by atoms with van der Waals surface area (Å²) >= 11 is 0. The molecule has 188 valence electrons. The van der Waals surface area contributed by atoms with E-state index in [1.165, 1.54) is 0 Å². The average molecular weight is 491 g/mol. The van der Waals surface area contributed by atoms with Crippen LogP contribution < -0.4 is 0 Å². The Bertz CT molecular complexity index is 1380. The van der Waals surface area contributed by atoms with Crippen molar-refractivity contribution in [3.05, 3.63) is 53.1 Å². The number of carbonyl (C=O) groups excluding carboxylic acids is 1. The molecule has 1 unspecified atom stereocenters. The predicted octanol–water partition coefficient (Wildman–Crippen LogP) is 5.18. The maximum Gasteiger partial charge on any atom is 0.307 e. The number of likely N-dealkylation sites (tertiary alicyclic amines) is 1. The van der Waals surface area contributed by atoms with E-state index in [0.717, 1.165) is 50.8 Å². The number of amides is 1. The third-order valence-electron chi connectivity index (χ3n) is 8.39. The Morgan fingerprint density at radius 2 is 1.97 bits per heavy atom. The first-order chi connectivity index (χ1) is 17.3. The number of hydrogen-bond acceptors (Lipinski definition) is 4. The molecule has 3 heterocycles. The van der Waals surface area contributed by atoms with Crippen LogP contribution >= 0.6 is 0 Å². The summed E-state index contributed by atoms with van der Waals surface area (Å²) in [6.07, 6.45) is 6.70. The van der Waals surface area contributed by atoms with Crippen molar-refractivity contribution in [2.75, 3.05) is 6.54 Å². The number of aromatic nitrogens is 3. The van der Waals surface area contributed by atoms with Crippen molar-refractivity contribution in [2.24, 2.45) is 5.92 Å². The Kier molecular flexibility index (Phi) is 5.39. The van der Waals surface area contributed by atoms with Crippen LogP contribution in [0.1, 0.15) is 86.5 Å². The molecule has 2 saturated carbocycles. The Morgan fingerprint density at radius 3 is 2.69 bits per heavy atom. The van der Waals surface area contributed by atoms with Crippen molar-refractivity contribution in [3.8, 4) is 11.3 Å². The van der Waals surface area contributed by atoms with Crippen LogP contribution in [0.2, 0.25) is 0 Å². The van der Waals surface area contributed by atoms with Gasteiger partial charge in [-0.25, -0.2) is 13.9 Å². The zero-order chi connectivity index (χ0) is 25.2. The molecule has 3 atom stereocenters. The summed E-state index contributed by atoms with van der Waals surface area (Å²) in [6.45, 7) is 5.00. The number of aliphatic carboxylic acids is 1. The smallest absolute Gasteiger partial charge is 0.307 e. The number of carboxylic acid groups (broad SMARTS) is 1. The third kappa shape index (κ3) is 3.87. The first-order valence-electron chi connectivity index (χ1n) is 13.0. The van der Waals surface area contributed by atoms with Crippen molar-refractivity contribution in [2.45, 2.75) is 76.2 Å². The number of benzene rings is 1. The third-order valence-corrected chi connectivity index (χ3v) is 8.39. The summed E-state index contributed by atoms with van der Waals surface area (Å²) in [6, 6.07) is 8.87. The number of nitrogens with zero attached hydrogens (tertiary/aromatic N) is 4. The summed E-state index contributed by atoms with van der Waals surface area (Å²) < 4.78 is 17.3. The molecule has 2 aliphatic carbocycles. The van der Waals surface area contributed by atoms with Crippen LogP contribution in [0.3, 0.4) is 0 Å². The Hall–Kier alpha value is -3.29. The molecule has 3 fully saturated rings. The highest BCUT2D eigenvalue weighted by Crippen LogP contribution is 2.50. The lowest BCUT2D eigenvalue weighted by Crippen LogP contribution is -2.39. The fraction of sp³-hybridized carbons (Fsp3) is 0.500. The topological polar surface area (TPSA) is 87.8 Å². The van der Waals surface area contributed by atoms with Crippen LogP contribution in [0.4, 0.5) is 4.39 Å². The highest BCUT2D eigenvalue weighted by atomic mass is 19.1. The molecule has 6 rings (SSSR count). The van der Waals surface area contributed by atoms with E-state index in [0.29, 0.717) is 34.6 Å². The molecule has 36 heavy (non-hydrogen) atoms. The van der Waals surface area contributed by atoms with E-state index in [1.54, 1.807) is 28.8 Å². The highest BCUT2D eigenvalue weighted by molar-refractivity contribution is 5.93. The lowest BCUT2D eigenvalue weighted by atomic mass is 10.0. The minimum atomic E-state index is -0.889. The second kappa shape index (κ2) is 8.39. The molecule has 1 aliphatic heterocycles. The predicted molar refractivity (Wildman–Crippen MR) is 132 cm³/mol. The molecule has 1 N–H and O–H groups in total. The van der Waals surface area contributed by atoms with Gasteiger partial charge in [0.25, 0.3) is 5.91 Å². The number of carbonyl (C=O) groups is 2. The zero-order valence-corrected chi connectivity index (χ0v) is 20.7. The molecular weight excluding hydrogens is 459 g/mol. The van der Waals surface area contributed by atoms with Gasteiger partial charge in [-0.15, -0.1) is 0 Å². The van der Waals surface area contributed by atoms with Gasteiger partial charge >= 0.3 is 5.97 Å². The zero-order valence-electron chi connectivity index (χ0n) is 20.7. The molecule has 3 aliphatic rings. The Balaban J connectivity index is 1.42. The molecule has 1 amide bonds. The molecule has 0 bridgehead atoms. The standard InChI is InChI=1S/C28H31FN4O3/c1-16-7-4-3-5-12-32(16)26(34)22-14-23(28(2)10-11-28)33-24(30-22)15-21(31-33)18-9-6-8-17(25(18)29)19-13-20(19)27(35)36/h6,8-9,14-16,19-20H,3-5,7,10-13H2,1-2H3,(H,35,36)/t16-,19?,20+/m1/s1. The van der Waals surface area contributed by atoms with E-state index in [1.807, 2.05) is 11.0 Å². The van der Waals surface area contributed by atoms with Gasteiger partial charge in [0.05, 0.1) is 17.3 Å². The van der Waals surface area contributed by atoms with Crippen LogP contribution in [-0.2, 0) is 10.2 Å². The number of hydrogen-bond donors (Lipinski definition) is 1. The van der Waals surface area contributed by atoms with E-state index in [-0.39, 0.29) is 23.3 Å². The SMILES string of the molecule is C[C@@H]1CCCCCN1C(=O)c1cc(C2(C)CC2)n2nc(-c3cccc(C4C[C@@H]4C(=O)O)c3F)cc2n1. The summed E-state index contributed by atoms with van der Waals surface area (Å²) in [4.78, 5) is 31.6. The van der Waals surface area contributed by atoms with Gasteiger partial charge in [-0.1, -0.05) is 31.9 Å². The van der Waals surface area contributed by atoms with Crippen molar-refractivity contribution in [1.82, 2.24) is 19.5 Å². The van der Waals surface area contributed by atoms with Crippen molar-refractivity contribution in [3.63, 3.8) is 0 Å². The highest BCUT2D eigenvalue weighted by Gasteiger charge is 2.46. The lowest BCUT2D eigenvalue weighted by Gasteiger charge is -2.27. The second-order valence-corrected chi connectivity index (χ2v) is 11.1. The molecule has 0 spiro atoms. The van der Waals surface area contributed by atoms with Gasteiger partial charge < -0.3 is 10.0 Å². The molecule has 2 aromatic heterocycles. The fourth-order valence-electron chi connectivity index (χ4n) is 5.66. The number of rotatable bonds is 5. The molecule has 1 saturated heterocycles. The van der Waals surface area contributed by atoms with Gasteiger partial charge in [0.2, 0.25) is 0 Å². The first kappa shape index (κ1) is 23.1. The Morgan fingerprint density at radius 1 is 1.17 bits per heavy atom. The van der Waals surface area contributed by atoms with Gasteiger partial charge in [-0.05, 0) is 56.7 Å². The van der Waals surface area contributed by atoms with Gasteiger partial charge in [0, 0.05) is 35.5 Å². The summed E-state index contributed by atoms with van der Waals surface area (Å²) in [5, 5.41) is 14.0. The van der Waals surface area contributed by atoms with Crippen molar-refractivity contribution < 1.29 is 19.1 Å². The van der Waals surface area contributed by atoms with Crippen LogP contribution in [0.25, 0.3) is 16.9 Å². The average Bonchev–Trinajstić information content (AvgIpc) is 3.77. The molecule has 1 aromatic carbocycles. The number of halogens is 1. The minimum Gasteiger partial charge on any atom is -0.481 e. The van der Waals surface area contributed by atoms with E-state index in [9.17, 15) is 14.7 Å². The molecular formula is C28H31FN4O3. The normalized spacial score (nSPS) is 25.0. The molecule has 7 nitrogen and oxygen atoms in total. The fourth-order valence-corrected chi connectivity index (χ4v) is 5.66. The van der Waals surface area contributed by atoms with Gasteiger partial charge in [0.15, 0.2) is 5.65 Å². The second-order valence-electron chi connectivity index (χ2n) is 11.1. The minimum absolute atomic E-state index is 0.0539. The van der Waals surface area contributed by atoms with Crippen LogP contribution in [0.15, 0.2) is 30.3 Å². The number of fused-ring (bicyclic) bond motifs is 1. The van der Waals surface area contributed by atoms with Crippen molar-refractivity contribution >= 4 is 17.5 Å².